The van der Waals surface area contributed by atoms with Crippen LogP contribution < -0.4 is 5.32 Å². The van der Waals surface area contributed by atoms with Crippen LogP contribution in [0.25, 0.3) is 0 Å². The van der Waals surface area contributed by atoms with Crippen LogP contribution in [-0.4, -0.2) is 29.8 Å². The van der Waals surface area contributed by atoms with Gasteiger partial charge in [0.15, 0.2) is 6.61 Å². The fraction of sp³-hybridized carbons (Fsp3) is 0.550. The molecule has 46 heavy (non-hydrogen) atoms. The van der Waals surface area contributed by atoms with Gasteiger partial charge in [0.05, 0.1) is 0 Å². The Morgan fingerprint density at radius 3 is 1.91 bits per heavy atom. The van der Waals surface area contributed by atoms with E-state index in [-0.39, 0.29) is 29.2 Å². The molecule has 0 amide bonds. The van der Waals surface area contributed by atoms with Gasteiger partial charge in [0, 0.05) is 18.8 Å². The Morgan fingerprint density at radius 1 is 0.804 bits per heavy atom. The molecule has 0 saturated carbocycles. The number of nitrogens with one attached hydrogen (secondary N) is 1. The highest BCUT2D eigenvalue weighted by Crippen LogP contribution is 2.26. The van der Waals surface area contributed by atoms with E-state index >= 15 is 0 Å². The van der Waals surface area contributed by atoms with Crippen molar-refractivity contribution >= 4 is 17.4 Å². The summed E-state index contributed by atoms with van der Waals surface area (Å²) in [5.74, 6) is -0.893. The van der Waals surface area contributed by atoms with Crippen LogP contribution in [0.1, 0.15) is 129 Å². The van der Waals surface area contributed by atoms with E-state index in [0.717, 1.165) is 31.2 Å². The first kappa shape index (κ1) is 37.1. The van der Waals surface area contributed by atoms with Crippen molar-refractivity contribution in [2.24, 2.45) is 0 Å². The maximum Gasteiger partial charge on any atom is 0.346 e. The topological polar surface area (TPSA) is 58.6 Å². The number of benzene rings is 2. The van der Waals surface area contributed by atoms with Gasteiger partial charge in [-0.15, -0.1) is 0 Å². The molecule has 1 saturated heterocycles. The lowest BCUT2D eigenvalue weighted by molar-refractivity contribution is -0.135. The van der Waals surface area contributed by atoms with E-state index in [1.54, 1.807) is 12.1 Å². The van der Waals surface area contributed by atoms with E-state index in [2.05, 4.69) is 74.3 Å². The number of nitrogens with zero attached hydrogens (tertiary/aromatic N) is 1. The summed E-state index contributed by atoms with van der Waals surface area (Å²) < 4.78 is 18.8. The van der Waals surface area contributed by atoms with Crippen molar-refractivity contribution in [3.8, 4) is 0 Å². The number of ether oxygens (including phenoxy) is 1. The molecule has 0 atom stereocenters. The Labute approximate surface area is 277 Å². The monoisotopic (exact) mass is 632 g/mol. The molecular formula is C40H57FN2O3. The van der Waals surface area contributed by atoms with Crippen LogP contribution >= 0.6 is 0 Å². The van der Waals surface area contributed by atoms with Gasteiger partial charge in [0.25, 0.3) is 0 Å². The molecule has 252 valence electrons. The zero-order valence-corrected chi connectivity index (χ0v) is 28.8. The van der Waals surface area contributed by atoms with E-state index < -0.39 is 5.97 Å². The second kappa shape index (κ2) is 20.0. The number of halogens is 1. The first-order valence-corrected chi connectivity index (χ1v) is 17.7. The highest BCUT2D eigenvalue weighted by Gasteiger charge is 2.34. The highest BCUT2D eigenvalue weighted by molar-refractivity contribution is 6.22. The minimum Gasteiger partial charge on any atom is -0.453 e. The zero-order chi connectivity index (χ0) is 33.2. The summed E-state index contributed by atoms with van der Waals surface area (Å²) in [5.41, 5.74) is 2.99. The first-order valence-electron chi connectivity index (χ1n) is 17.7. The van der Waals surface area contributed by atoms with Crippen LogP contribution in [-0.2, 0) is 26.3 Å². The molecule has 3 rings (SSSR count). The molecule has 1 aliphatic rings. The predicted octanol–water partition coefficient (Wildman–Crippen LogP) is 10.4. The van der Waals surface area contributed by atoms with Crippen LogP contribution in [0.5, 0.6) is 0 Å². The molecule has 0 unspecified atom stereocenters. The minimum absolute atomic E-state index is 0.0279. The van der Waals surface area contributed by atoms with Crippen molar-refractivity contribution in [1.82, 2.24) is 4.90 Å². The number of cyclic esters (lactones) is 1. The second-order valence-corrected chi connectivity index (χ2v) is 13.7. The van der Waals surface area contributed by atoms with Gasteiger partial charge in [-0.25, -0.2) is 9.18 Å². The van der Waals surface area contributed by atoms with Crippen LogP contribution in [0.2, 0.25) is 0 Å². The van der Waals surface area contributed by atoms with Crippen molar-refractivity contribution < 1.29 is 18.7 Å². The maximum absolute atomic E-state index is 13.7. The average molecular weight is 633 g/mol. The lowest BCUT2D eigenvalue weighted by Gasteiger charge is -2.30. The number of carbonyl (C=O) groups excluding carboxylic acids is 2. The number of allylic oxidation sites excluding steroid dienone is 2. The van der Waals surface area contributed by atoms with Crippen molar-refractivity contribution in [2.45, 2.75) is 130 Å². The molecule has 6 heteroatoms. The quantitative estimate of drug-likeness (QED) is 0.0488. The minimum atomic E-state index is -0.622. The van der Waals surface area contributed by atoms with Crippen LogP contribution in [0, 0.1) is 5.82 Å². The van der Waals surface area contributed by atoms with E-state index in [1.807, 2.05) is 0 Å². The lowest BCUT2D eigenvalue weighted by atomic mass is 9.87. The third-order valence-electron chi connectivity index (χ3n) is 8.61. The third kappa shape index (κ3) is 13.1. The van der Waals surface area contributed by atoms with E-state index in [4.69, 9.17) is 4.74 Å². The predicted molar refractivity (Wildman–Crippen MR) is 188 cm³/mol. The molecular weight excluding hydrogens is 575 g/mol. The highest BCUT2D eigenvalue weighted by atomic mass is 19.1. The number of esters is 1. The fourth-order valence-corrected chi connectivity index (χ4v) is 5.74. The van der Waals surface area contributed by atoms with E-state index in [1.165, 1.54) is 81.9 Å². The summed E-state index contributed by atoms with van der Waals surface area (Å²) in [6.07, 6.45) is 22.0. The van der Waals surface area contributed by atoms with Gasteiger partial charge in [-0.1, -0.05) is 122 Å². The number of ketones is 1. The Hall–Kier alpha value is -3.41. The molecule has 0 aliphatic carbocycles. The number of carbonyl (C=O) groups is 2. The molecule has 0 radical (unpaired) electrons. The maximum atomic E-state index is 13.7. The smallest absolute Gasteiger partial charge is 0.346 e. The molecule has 1 heterocycles. The largest absolute Gasteiger partial charge is 0.453 e. The van der Waals surface area contributed by atoms with Gasteiger partial charge >= 0.3 is 5.97 Å². The van der Waals surface area contributed by atoms with Crippen LogP contribution in [0.4, 0.5) is 10.1 Å². The van der Waals surface area contributed by atoms with Crippen molar-refractivity contribution in [2.75, 3.05) is 18.5 Å². The van der Waals surface area contributed by atoms with Crippen molar-refractivity contribution in [3.05, 3.63) is 89.0 Å². The van der Waals surface area contributed by atoms with Gasteiger partial charge < -0.3 is 15.0 Å². The van der Waals surface area contributed by atoms with Gasteiger partial charge in [0.2, 0.25) is 5.78 Å². The number of unbranched alkanes of at least 4 members (excludes halogenated alkanes) is 12. The summed E-state index contributed by atoms with van der Waals surface area (Å²) in [5, 5.41) is 3.28. The molecule has 2 aromatic carbocycles. The van der Waals surface area contributed by atoms with Crippen LogP contribution in [0.3, 0.4) is 0 Å². The van der Waals surface area contributed by atoms with E-state index in [0.29, 0.717) is 24.6 Å². The Kier molecular flexibility index (Phi) is 16.1. The lowest BCUT2D eigenvalue weighted by Crippen LogP contribution is -2.31. The number of hydrogen-bond acceptors (Lipinski definition) is 5. The van der Waals surface area contributed by atoms with Crippen LogP contribution in [0.15, 0.2) is 72.1 Å². The fourth-order valence-electron chi connectivity index (χ4n) is 5.74. The standard InChI is InChI=1S/C40H57FN2O3/c1-5-6-7-8-9-10-11-12-13-14-15-16-17-18-19-20-29-43(30-32-21-23-33(24-22-32)40(2,3)4)38(37-36(44)31-46-39(37)45)42-35-27-25-34(41)26-28-35/h12-13,21-28,42H,5-11,14-20,29-31H2,1-4H3/b13-12-,38-37?. The molecule has 0 bridgehead atoms. The number of rotatable bonds is 21. The van der Waals surface area contributed by atoms with Crippen molar-refractivity contribution in [1.29, 1.82) is 0 Å². The number of anilines is 1. The van der Waals surface area contributed by atoms with E-state index in [9.17, 15) is 14.0 Å². The normalized spacial score (nSPS) is 14.6. The summed E-state index contributed by atoms with van der Waals surface area (Å²) in [6.45, 7) is 9.75. The first-order chi connectivity index (χ1) is 22.2. The molecule has 2 aromatic rings. The Balaban J connectivity index is 1.58. The average Bonchev–Trinajstić information content (AvgIpc) is 3.36. The van der Waals surface area contributed by atoms with Gasteiger partial charge in [-0.3, -0.25) is 4.79 Å². The summed E-state index contributed by atoms with van der Waals surface area (Å²) in [7, 11) is 0. The zero-order valence-electron chi connectivity index (χ0n) is 28.8. The SMILES string of the molecule is CCCCCCCC/C=C\CCCCCCCCN(Cc1ccc(C(C)(C)C)cc1)C(Nc1ccc(F)cc1)=C1C(=O)COC1=O. The Bertz CT molecular complexity index is 1240. The van der Waals surface area contributed by atoms with Crippen molar-refractivity contribution in [3.63, 3.8) is 0 Å². The molecule has 1 fully saturated rings. The molecule has 0 aromatic heterocycles. The second-order valence-electron chi connectivity index (χ2n) is 13.7. The van der Waals surface area contributed by atoms with Gasteiger partial charge in [0.1, 0.15) is 17.2 Å². The summed E-state index contributed by atoms with van der Waals surface area (Å²) >= 11 is 0. The Morgan fingerprint density at radius 2 is 1.37 bits per heavy atom. The summed E-state index contributed by atoms with van der Waals surface area (Å²) in [6, 6.07) is 14.5. The third-order valence-corrected chi connectivity index (χ3v) is 8.61. The molecule has 1 N–H and O–H groups in total. The molecule has 5 nitrogen and oxygen atoms in total. The molecule has 0 spiro atoms. The number of hydrogen-bond donors (Lipinski definition) is 1. The van der Waals surface area contributed by atoms with Gasteiger partial charge in [-0.2, -0.15) is 0 Å². The van der Waals surface area contributed by atoms with Gasteiger partial charge in [-0.05, 0) is 72.9 Å². The molecule has 1 aliphatic heterocycles. The summed E-state index contributed by atoms with van der Waals surface area (Å²) in [4.78, 5) is 27.7. The number of Topliss-reactive ketones (excluding diaryl/α,β-unsaturated/α-hetero) is 1.